The molecule has 0 radical (unpaired) electrons. The van der Waals surface area contributed by atoms with Crippen molar-refractivity contribution in [3.8, 4) is 0 Å². The number of rotatable bonds is 10. The summed E-state index contributed by atoms with van der Waals surface area (Å²) in [5.41, 5.74) is 8.93. The van der Waals surface area contributed by atoms with Gasteiger partial charge in [-0.15, -0.1) is 0 Å². The number of pyridine rings is 1. The predicted octanol–water partition coefficient (Wildman–Crippen LogP) is 2.08. The first-order valence-corrected chi connectivity index (χ1v) is 7.87. The van der Waals surface area contributed by atoms with Crippen LogP contribution in [0.2, 0.25) is 0 Å². The van der Waals surface area contributed by atoms with E-state index in [1.54, 1.807) is 0 Å². The smallest absolute Gasteiger partial charge is 0.0573 e. The normalized spacial score (nSPS) is 12.3. The van der Waals surface area contributed by atoms with Gasteiger partial charge in [0.15, 0.2) is 0 Å². The number of unbranched alkanes of at least 4 members (excludes halogenated alkanes) is 1. The zero-order valence-electron chi connectivity index (χ0n) is 14.0. The van der Waals surface area contributed by atoms with E-state index in [1.165, 1.54) is 5.56 Å². The third-order valence-corrected chi connectivity index (χ3v) is 3.41. The summed E-state index contributed by atoms with van der Waals surface area (Å²) < 4.78 is 0. The van der Waals surface area contributed by atoms with Crippen molar-refractivity contribution in [1.82, 2.24) is 15.2 Å². The van der Waals surface area contributed by atoms with E-state index >= 15 is 0 Å². The molecule has 22 heavy (non-hydrogen) atoms. The number of allylic oxidation sites excluding steroid dienone is 1. The van der Waals surface area contributed by atoms with Gasteiger partial charge < -0.3 is 11.1 Å². The lowest BCUT2D eigenvalue weighted by Gasteiger charge is -2.20. The number of aliphatic imine (C=N–C) groups is 1. The molecule has 0 atom stereocenters. The van der Waals surface area contributed by atoms with Crippen molar-refractivity contribution in [3.63, 3.8) is 0 Å². The Balaban J connectivity index is 2.63. The summed E-state index contributed by atoms with van der Waals surface area (Å²) in [4.78, 5) is 11.3. The summed E-state index contributed by atoms with van der Waals surface area (Å²) in [6, 6.07) is 4.08. The first-order valence-electron chi connectivity index (χ1n) is 7.87. The Kier molecular flexibility index (Phi) is 9.11. The Bertz CT molecular complexity index is 482. The standard InChI is InChI=1S/C17H29N5/c1-15-7-6-9-21-17(15)14-22(11-5-4-8-18)12-10-20-16(2)13-19-3/h6-7,9-10,13,19H,4-5,8,11-12,14,18H2,1-3H3/b16-13-,20-10?. The van der Waals surface area contributed by atoms with Crippen LogP contribution in [0.3, 0.4) is 0 Å². The summed E-state index contributed by atoms with van der Waals surface area (Å²) in [6.45, 7) is 7.50. The molecule has 0 aliphatic rings. The minimum atomic E-state index is 0.745. The first kappa shape index (κ1) is 18.3. The molecule has 0 aromatic carbocycles. The van der Waals surface area contributed by atoms with E-state index in [9.17, 15) is 0 Å². The molecule has 1 aromatic heterocycles. The molecule has 0 unspecified atom stereocenters. The molecule has 0 saturated heterocycles. The molecule has 1 rings (SSSR count). The van der Waals surface area contributed by atoms with Gasteiger partial charge in [0.1, 0.15) is 0 Å². The van der Waals surface area contributed by atoms with Crippen LogP contribution in [0.5, 0.6) is 0 Å². The van der Waals surface area contributed by atoms with Crippen molar-refractivity contribution in [2.75, 3.05) is 26.7 Å². The number of nitrogens with two attached hydrogens (primary N) is 1. The van der Waals surface area contributed by atoms with Crippen molar-refractivity contribution in [2.24, 2.45) is 10.7 Å². The lowest BCUT2D eigenvalue weighted by atomic mass is 10.2. The van der Waals surface area contributed by atoms with Gasteiger partial charge in [-0.1, -0.05) is 6.07 Å². The highest BCUT2D eigenvalue weighted by Gasteiger charge is 2.07. The molecule has 0 saturated carbocycles. The molecule has 5 nitrogen and oxygen atoms in total. The van der Waals surface area contributed by atoms with Crippen molar-refractivity contribution in [3.05, 3.63) is 41.5 Å². The fourth-order valence-corrected chi connectivity index (χ4v) is 2.16. The molecule has 1 heterocycles. The van der Waals surface area contributed by atoms with Crippen LogP contribution in [-0.2, 0) is 6.54 Å². The Morgan fingerprint density at radius 1 is 1.45 bits per heavy atom. The van der Waals surface area contributed by atoms with Crippen molar-refractivity contribution >= 4 is 6.21 Å². The van der Waals surface area contributed by atoms with E-state index < -0.39 is 0 Å². The van der Waals surface area contributed by atoms with Gasteiger partial charge >= 0.3 is 0 Å². The fourth-order valence-electron chi connectivity index (χ4n) is 2.16. The maximum atomic E-state index is 5.59. The van der Waals surface area contributed by atoms with E-state index in [4.69, 9.17) is 5.73 Å². The molecule has 5 heteroatoms. The number of nitrogens with zero attached hydrogens (tertiary/aromatic N) is 3. The third-order valence-electron chi connectivity index (χ3n) is 3.41. The number of aryl methyl sites for hydroxylation is 1. The number of aromatic nitrogens is 1. The topological polar surface area (TPSA) is 66.5 Å². The Labute approximate surface area is 134 Å². The van der Waals surface area contributed by atoms with E-state index in [1.807, 2.05) is 38.6 Å². The van der Waals surface area contributed by atoms with Gasteiger partial charge in [-0.25, -0.2) is 0 Å². The number of nitrogens with one attached hydrogen (secondary N) is 1. The second kappa shape index (κ2) is 10.9. The Hall–Kier alpha value is -1.72. The summed E-state index contributed by atoms with van der Waals surface area (Å²) in [6.07, 6.45) is 7.85. The van der Waals surface area contributed by atoms with E-state index in [-0.39, 0.29) is 0 Å². The number of hydrogen-bond donors (Lipinski definition) is 2. The molecule has 3 N–H and O–H groups in total. The SMILES string of the molecule is CN/C=C(/C)N=CCN(CCCCN)Cc1ncccc1C. The molecule has 0 aliphatic heterocycles. The largest absolute Gasteiger partial charge is 0.393 e. The molecule has 1 aromatic rings. The predicted molar refractivity (Wildman–Crippen MR) is 93.8 cm³/mol. The van der Waals surface area contributed by atoms with Gasteiger partial charge in [0.05, 0.1) is 11.4 Å². The molecule has 122 valence electrons. The lowest BCUT2D eigenvalue weighted by molar-refractivity contribution is 0.295. The van der Waals surface area contributed by atoms with Crippen LogP contribution < -0.4 is 11.1 Å². The van der Waals surface area contributed by atoms with Crippen LogP contribution in [0.15, 0.2) is 35.2 Å². The lowest BCUT2D eigenvalue weighted by Crippen LogP contribution is -2.27. The maximum Gasteiger partial charge on any atom is 0.0573 e. The molecular weight excluding hydrogens is 274 g/mol. The second-order valence-electron chi connectivity index (χ2n) is 5.38. The van der Waals surface area contributed by atoms with Crippen LogP contribution >= 0.6 is 0 Å². The van der Waals surface area contributed by atoms with E-state index in [0.717, 1.165) is 50.4 Å². The molecule has 0 fully saturated rings. The first-order chi connectivity index (χ1) is 10.7. The quantitative estimate of drug-likeness (QED) is 0.513. The summed E-state index contributed by atoms with van der Waals surface area (Å²) in [5.74, 6) is 0. The van der Waals surface area contributed by atoms with Crippen LogP contribution in [0.1, 0.15) is 31.0 Å². The maximum absolute atomic E-state index is 5.59. The van der Waals surface area contributed by atoms with E-state index in [0.29, 0.717) is 0 Å². The zero-order chi connectivity index (χ0) is 16.2. The monoisotopic (exact) mass is 303 g/mol. The molecule has 0 bridgehead atoms. The zero-order valence-corrected chi connectivity index (χ0v) is 14.0. The third kappa shape index (κ3) is 7.33. The minimum absolute atomic E-state index is 0.745. The molecule has 0 amide bonds. The van der Waals surface area contributed by atoms with Gasteiger partial charge in [-0.05, 0) is 51.4 Å². The fraction of sp³-hybridized carbons (Fsp3) is 0.529. The van der Waals surface area contributed by atoms with E-state index in [2.05, 4.69) is 33.2 Å². The highest BCUT2D eigenvalue weighted by atomic mass is 15.1. The Morgan fingerprint density at radius 3 is 2.95 bits per heavy atom. The summed E-state index contributed by atoms with van der Waals surface area (Å²) in [5, 5.41) is 2.98. The van der Waals surface area contributed by atoms with Crippen molar-refractivity contribution < 1.29 is 0 Å². The second-order valence-corrected chi connectivity index (χ2v) is 5.38. The van der Waals surface area contributed by atoms with Crippen LogP contribution in [0.25, 0.3) is 0 Å². The summed E-state index contributed by atoms with van der Waals surface area (Å²) in [7, 11) is 1.88. The van der Waals surface area contributed by atoms with Gasteiger partial charge in [0.25, 0.3) is 0 Å². The number of hydrogen-bond acceptors (Lipinski definition) is 5. The average molecular weight is 303 g/mol. The van der Waals surface area contributed by atoms with Crippen LogP contribution in [0.4, 0.5) is 0 Å². The Morgan fingerprint density at radius 2 is 2.27 bits per heavy atom. The molecular formula is C17H29N5. The highest BCUT2D eigenvalue weighted by Crippen LogP contribution is 2.08. The minimum Gasteiger partial charge on any atom is -0.393 e. The van der Waals surface area contributed by atoms with Gasteiger partial charge in [-0.3, -0.25) is 14.9 Å². The van der Waals surface area contributed by atoms with Crippen molar-refractivity contribution in [2.45, 2.75) is 33.2 Å². The molecule has 0 aliphatic carbocycles. The highest BCUT2D eigenvalue weighted by molar-refractivity contribution is 5.61. The average Bonchev–Trinajstić information content (AvgIpc) is 2.50. The van der Waals surface area contributed by atoms with Crippen LogP contribution in [-0.4, -0.2) is 42.8 Å². The van der Waals surface area contributed by atoms with Crippen molar-refractivity contribution in [1.29, 1.82) is 0 Å². The summed E-state index contributed by atoms with van der Waals surface area (Å²) >= 11 is 0. The van der Waals surface area contributed by atoms with Gasteiger partial charge in [0.2, 0.25) is 0 Å². The van der Waals surface area contributed by atoms with Crippen LogP contribution in [0, 0.1) is 6.92 Å². The van der Waals surface area contributed by atoms with Gasteiger partial charge in [-0.2, -0.15) is 0 Å². The van der Waals surface area contributed by atoms with Gasteiger partial charge in [0, 0.05) is 38.7 Å². The molecule has 0 spiro atoms.